The molecule has 1 aliphatic rings. The van der Waals surface area contributed by atoms with Gasteiger partial charge in [-0.15, -0.1) is 0 Å². The quantitative estimate of drug-likeness (QED) is 0.769. The minimum Gasteiger partial charge on any atom is -0.372 e. The number of hydrogen-bond acceptors (Lipinski definition) is 2. The van der Waals surface area contributed by atoms with Crippen LogP contribution in [0.4, 0.5) is 0 Å². The second-order valence-corrected chi connectivity index (χ2v) is 4.40. The third-order valence-corrected chi connectivity index (χ3v) is 3.11. The molecule has 2 nitrogen and oxygen atoms in total. The maximum Gasteiger partial charge on any atom is 0.0952 e. The average molecular weight is 219 g/mol. The third-order valence-electron chi connectivity index (χ3n) is 3.11. The molecule has 2 rings (SSSR count). The van der Waals surface area contributed by atoms with E-state index in [1.807, 2.05) is 0 Å². The Labute approximate surface area is 98.0 Å². The van der Waals surface area contributed by atoms with Crippen molar-refractivity contribution >= 4 is 0 Å². The maximum atomic E-state index is 5.95. The van der Waals surface area contributed by atoms with Crippen molar-refractivity contribution in [2.75, 3.05) is 13.2 Å². The summed E-state index contributed by atoms with van der Waals surface area (Å²) >= 11 is 0. The van der Waals surface area contributed by atoms with Crippen LogP contribution in [0, 0.1) is 0 Å². The number of rotatable bonds is 5. The van der Waals surface area contributed by atoms with Crippen LogP contribution in [-0.4, -0.2) is 13.2 Å². The molecule has 0 aliphatic carbocycles. The minimum absolute atomic E-state index is 0.252. The van der Waals surface area contributed by atoms with Crippen molar-refractivity contribution in [1.82, 2.24) is 5.32 Å². The van der Waals surface area contributed by atoms with Crippen molar-refractivity contribution in [2.45, 2.75) is 38.8 Å². The lowest BCUT2D eigenvalue weighted by Crippen LogP contribution is -2.29. The molecule has 2 heteroatoms. The van der Waals surface area contributed by atoms with E-state index in [1.165, 1.54) is 30.4 Å². The first-order chi connectivity index (χ1) is 7.92. The van der Waals surface area contributed by atoms with Gasteiger partial charge in [-0.05, 0) is 17.5 Å². The number of ether oxygens (including phenoxy) is 1. The molecule has 1 heterocycles. The van der Waals surface area contributed by atoms with E-state index in [0.717, 1.165) is 19.7 Å². The summed E-state index contributed by atoms with van der Waals surface area (Å²) in [6.07, 6.45) is 3.95. The van der Waals surface area contributed by atoms with E-state index in [1.54, 1.807) is 0 Å². The van der Waals surface area contributed by atoms with E-state index in [2.05, 4.69) is 36.5 Å². The zero-order valence-electron chi connectivity index (χ0n) is 10.0. The Morgan fingerprint density at radius 3 is 3.06 bits per heavy atom. The predicted octanol–water partition coefficient (Wildman–Crippen LogP) is 3.04. The van der Waals surface area contributed by atoms with Gasteiger partial charge in [-0.1, -0.05) is 44.0 Å². The van der Waals surface area contributed by atoms with Crippen LogP contribution in [0.3, 0.4) is 0 Å². The highest BCUT2D eigenvalue weighted by Gasteiger charge is 2.19. The van der Waals surface area contributed by atoms with Crippen LogP contribution in [-0.2, 0) is 11.3 Å². The summed E-state index contributed by atoms with van der Waals surface area (Å²) in [4.78, 5) is 0. The summed E-state index contributed by atoms with van der Waals surface area (Å²) in [6.45, 7) is 5.03. The molecule has 1 N–H and O–H groups in total. The molecule has 1 aromatic rings. The van der Waals surface area contributed by atoms with E-state index in [9.17, 15) is 0 Å². The molecule has 1 unspecified atom stereocenters. The number of fused-ring (bicyclic) bond motifs is 1. The van der Waals surface area contributed by atoms with Crippen molar-refractivity contribution in [3.05, 3.63) is 35.4 Å². The SMILES string of the molecule is CCCCCOC1CNCc2ccccc21. The normalized spacial score (nSPS) is 19.4. The van der Waals surface area contributed by atoms with Gasteiger partial charge in [-0.2, -0.15) is 0 Å². The van der Waals surface area contributed by atoms with Gasteiger partial charge in [0.2, 0.25) is 0 Å². The molecule has 0 saturated heterocycles. The summed E-state index contributed by atoms with van der Waals surface area (Å²) in [5.41, 5.74) is 2.76. The first-order valence-electron chi connectivity index (χ1n) is 6.32. The Morgan fingerprint density at radius 1 is 1.31 bits per heavy atom. The van der Waals surface area contributed by atoms with Crippen molar-refractivity contribution < 1.29 is 4.74 Å². The largest absolute Gasteiger partial charge is 0.372 e. The van der Waals surface area contributed by atoms with Crippen molar-refractivity contribution in [3.8, 4) is 0 Å². The number of hydrogen-bond donors (Lipinski definition) is 1. The summed E-state index contributed by atoms with van der Waals surface area (Å²) in [7, 11) is 0. The van der Waals surface area contributed by atoms with Gasteiger partial charge in [0, 0.05) is 19.7 Å². The molecule has 16 heavy (non-hydrogen) atoms. The molecule has 1 atom stereocenters. The van der Waals surface area contributed by atoms with Crippen LogP contribution in [0.2, 0.25) is 0 Å². The highest BCUT2D eigenvalue weighted by molar-refractivity contribution is 5.31. The molecule has 0 radical (unpaired) electrons. The van der Waals surface area contributed by atoms with Crippen LogP contribution >= 0.6 is 0 Å². The lowest BCUT2D eigenvalue weighted by Gasteiger charge is -2.26. The van der Waals surface area contributed by atoms with Crippen molar-refractivity contribution in [3.63, 3.8) is 0 Å². The van der Waals surface area contributed by atoms with Gasteiger partial charge < -0.3 is 10.1 Å². The highest BCUT2D eigenvalue weighted by Crippen LogP contribution is 2.24. The molecular formula is C14H21NO. The van der Waals surface area contributed by atoms with E-state index >= 15 is 0 Å². The standard InChI is InChI=1S/C14H21NO/c1-2-3-6-9-16-14-11-15-10-12-7-4-5-8-13(12)14/h4-5,7-8,14-15H,2-3,6,9-11H2,1H3. The molecule has 0 amide bonds. The molecule has 0 saturated carbocycles. The van der Waals surface area contributed by atoms with Gasteiger partial charge in [-0.3, -0.25) is 0 Å². The Balaban J connectivity index is 1.91. The second-order valence-electron chi connectivity index (χ2n) is 4.40. The number of nitrogens with one attached hydrogen (secondary N) is 1. The minimum atomic E-state index is 0.252. The van der Waals surface area contributed by atoms with Crippen LogP contribution < -0.4 is 5.32 Å². The summed E-state index contributed by atoms with van der Waals surface area (Å²) in [6, 6.07) is 8.58. The smallest absolute Gasteiger partial charge is 0.0952 e. The molecule has 0 fully saturated rings. The summed E-state index contributed by atoms with van der Waals surface area (Å²) < 4.78 is 5.95. The van der Waals surface area contributed by atoms with Gasteiger partial charge in [-0.25, -0.2) is 0 Å². The predicted molar refractivity (Wildman–Crippen MR) is 66.4 cm³/mol. The van der Waals surface area contributed by atoms with Gasteiger partial charge in [0.1, 0.15) is 0 Å². The zero-order chi connectivity index (χ0) is 11.2. The van der Waals surface area contributed by atoms with Gasteiger partial charge in [0.15, 0.2) is 0 Å². The molecule has 0 aromatic heterocycles. The van der Waals surface area contributed by atoms with E-state index < -0.39 is 0 Å². The molecule has 0 bridgehead atoms. The maximum absolute atomic E-state index is 5.95. The van der Waals surface area contributed by atoms with Crippen LogP contribution in [0.25, 0.3) is 0 Å². The molecular weight excluding hydrogens is 198 g/mol. The fourth-order valence-electron chi connectivity index (χ4n) is 2.18. The highest BCUT2D eigenvalue weighted by atomic mass is 16.5. The van der Waals surface area contributed by atoms with Crippen molar-refractivity contribution in [1.29, 1.82) is 0 Å². The average Bonchev–Trinajstić information content (AvgIpc) is 2.35. The Bertz CT molecular complexity index is 324. The van der Waals surface area contributed by atoms with Gasteiger partial charge in [0.05, 0.1) is 6.10 Å². The first-order valence-corrected chi connectivity index (χ1v) is 6.32. The van der Waals surface area contributed by atoms with Crippen LogP contribution in [0.15, 0.2) is 24.3 Å². The van der Waals surface area contributed by atoms with E-state index in [0.29, 0.717) is 0 Å². The summed E-state index contributed by atoms with van der Waals surface area (Å²) in [5, 5.41) is 3.41. The van der Waals surface area contributed by atoms with E-state index in [4.69, 9.17) is 4.74 Å². The molecule has 1 aromatic carbocycles. The van der Waals surface area contributed by atoms with Crippen LogP contribution in [0.1, 0.15) is 43.4 Å². The first kappa shape index (κ1) is 11.6. The number of unbranched alkanes of at least 4 members (excludes halogenated alkanes) is 2. The Hall–Kier alpha value is -0.860. The topological polar surface area (TPSA) is 21.3 Å². The molecule has 88 valence electrons. The molecule has 1 aliphatic heterocycles. The third kappa shape index (κ3) is 2.83. The zero-order valence-corrected chi connectivity index (χ0v) is 10.0. The van der Waals surface area contributed by atoms with Crippen LogP contribution in [0.5, 0.6) is 0 Å². The van der Waals surface area contributed by atoms with E-state index in [-0.39, 0.29) is 6.10 Å². The lowest BCUT2D eigenvalue weighted by molar-refractivity contribution is 0.0449. The fraction of sp³-hybridized carbons (Fsp3) is 0.571. The van der Waals surface area contributed by atoms with Gasteiger partial charge >= 0.3 is 0 Å². The fourth-order valence-corrected chi connectivity index (χ4v) is 2.18. The second kappa shape index (κ2) is 6.02. The Morgan fingerprint density at radius 2 is 2.19 bits per heavy atom. The van der Waals surface area contributed by atoms with Gasteiger partial charge in [0.25, 0.3) is 0 Å². The number of benzene rings is 1. The van der Waals surface area contributed by atoms with Crippen molar-refractivity contribution in [2.24, 2.45) is 0 Å². The molecule has 0 spiro atoms. The monoisotopic (exact) mass is 219 g/mol. The lowest BCUT2D eigenvalue weighted by atomic mass is 9.99. The summed E-state index contributed by atoms with van der Waals surface area (Å²) in [5.74, 6) is 0. The Kier molecular flexibility index (Phi) is 4.37.